The molecular formula is C10H18N4O2. The van der Waals surface area contributed by atoms with Crippen LogP contribution in [0.1, 0.15) is 19.7 Å². The van der Waals surface area contributed by atoms with Gasteiger partial charge in [-0.25, -0.2) is 10.8 Å². The summed E-state index contributed by atoms with van der Waals surface area (Å²) in [6, 6.07) is 1.65. The number of hydrogen-bond donors (Lipinski definition) is 2. The second-order valence-electron chi connectivity index (χ2n) is 3.37. The molecule has 6 nitrogen and oxygen atoms in total. The maximum Gasteiger partial charge on any atom is 0.219 e. The monoisotopic (exact) mass is 226 g/mol. The van der Waals surface area contributed by atoms with Crippen molar-refractivity contribution in [2.24, 2.45) is 5.84 Å². The zero-order valence-corrected chi connectivity index (χ0v) is 9.86. The molecule has 0 aliphatic rings. The van der Waals surface area contributed by atoms with Gasteiger partial charge in [0.15, 0.2) is 0 Å². The first kappa shape index (κ1) is 12.7. The number of aryl methyl sites for hydroxylation is 1. The molecule has 16 heavy (non-hydrogen) atoms. The standard InChI is InChI=1S/C10H18N4O2/c1-4-15-6-7(2)16-10-5-9(14-11)12-8(3)13-10/h5,7H,4,6,11H2,1-3H3,(H,12,13,14). The molecule has 1 unspecified atom stereocenters. The number of ether oxygens (including phenoxy) is 2. The molecule has 0 spiro atoms. The summed E-state index contributed by atoms with van der Waals surface area (Å²) in [6.45, 7) is 6.85. The van der Waals surface area contributed by atoms with Crippen LogP contribution in [0.5, 0.6) is 5.88 Å². The van der Waals surface area contributed by atoms with Gasteiger partial charge in [0.1, 0.15) is 17.7 Å². The third kappa shape index (κ3) is 4.00. The lowest BCUT2D eigenvalue weighted by Gasteiger charge is -2.14. The van der Waals surface area contributed by atoms with E-state index in [4.69, 9.17) is 15.3 Å². The Bertz CT molecular complexity index is 333. The van der Waals surface area contributed by atoms with E-state index >= 15 is 0 Å². The van der Waals surface area contributed by atoms with Gasteiger partial charge in [-0.2, -0.15) is 4.98 Å². The number of anilines is 1. The average Bonchev–Trinajstić information content (AvgIpc) is 2.25. The fourth-order valence-corrected chi connectivity index (χ4v) is 1.20. The van der Waals surface area contributed by atoms with Gasteiger partial charge in [0.05, 0.1) is 6.61 Å². The number of hydrazine groups is 1. The molecule has 0 bridgehead atoms. The highest BCUT2D eigenvalue weighted by atomic mass is 16.5. The van der Waals surface area contributed by atoms with Gasteiger partial charge in [-0.1, -0.05) is 0 Å². The lowest BCUT2D eigenvalue weighted by molar-refractivity contribution is 0.0632. The zero-order valence-electron chi connectivity index (χ0n) is 9.86. The molecular weight excluding hydrogens is 208 g/mol. The first-order valence-corrected chi connectivity index (χ1v) is 5.22. The second kappa shape index (κ2) is 6.24. The van der Waals surface area contributed by atoms with Crippen molar-refractivity contribution in [3.63, 3.8) is 0 Å². The minimum atomic E-state index is -0.0557. The molecule has 0 saturated carbocycles. The summed E-state index contributed by atoms with van der Waals surface area (Å²) in [4.78, 5) is 8.21. The highest BCUT2D eigenvalue weighted by Crippen LogP contribution is 2.13. The Morgan fingerprint density at radius 3 is 2.88 bits per heavy atom. The molecule has 0 aliphatic heterocycles. The molecule has 0 aromatic carbocycles. The van der Waals surface area contributed by atoms with Crippen LogP contribution in [-0.2, 0) is 4.74 Å². The second-order valence-corrected chi connectivity index (χ2v) is 3.37. The van der Waals surface area contributed by atoms with Crippen LogP contribution >= 0.6 is 0 Å². The summed E-state index contributed by atoms with van der Waals surface area (Å²) in [5.74, 6) is 6.91. The van der Waals surface area contributed by atoms with Crippen molar-refractivity contribution in [3.05, 3.63) is 11.9 Å². The van der Waals surface area contributed by atoms with Gasteiger partial charge in [-0.3, -0.25) is 0 Å². The van der Waals surface area contributed by atoms with E-state index < -0.39 is 0 Å². The Kier molecular flexibility index (Phi) is 4.94. The van der Waals surface area contributed by atoms with Crippen molar-refractivity contribution in [1.82, 2.24) is 9.97 Å². The summed E-state index contributed by atoms with van der Waals surface area (Å²) < 4.78 is 10.8. The van der Waals surface area contributed by atoms with Crippen LogP contribution in [0.2, 0.25) is 0 Å². The number of hydrogen-bond acceptors (Lipinski definition) is 6. The van der Waals surface area contributed by atoms with Crippen LogP contribution in [0.15, 0.2) is 6.07 Å². The lowest BCUT2D eigenvalue weighted by atomic mass is 10.4. The van der Waals surface area contributed by atoms with Crippen molar-refractivity contribution in [3.8, 4) is 5.88 Å². The Balaban J connectivity index is 2.61. The molecule has 0 fully saturated rings. The molecule has 0 saturated heterocycles. The molecule has 1 rings (SSSR count). The first-order chi connectivity index (χ1) is 7.65. The van der Waals surface area contributed by atoms with E-state index in [1.165, 1.54) is 0 Å². The van der Waals surface area contributed by atoms with Crippen molar-refractivity contribution in [1.29, 1.82) is 0 Å². The average molecular weight is 226 g/mol. The Morgan fingerprint density at radius 1 is 1.50 bits per heavy atom. The molecule has 1 aromatic heterocycles. The lowest BCUT2D eigenvalue weighted by Crippen LogP contribution is -2.20. The maximum atomic E-state index is 5.57. The predicted octanol–water partition coefficient (Wildman–Crippen LogP) is 0.874. The summed E-state index contributed by atoms with van der Waals surface area (Å²) in [5, 5.41) is 0. The number of nitrogen functional groups attached to an aromatic ring is 1. The van der Waals surface area contributed by atoms with Gasteiger partial charge in [-0.05, 0) is 20.8 Å². The molecule has 3 N–H and O–H groups in total. The Hall–Kier alpha value is -1.40. The molecule has 0 amide bonds. The van der Waals surface area contributed by atoms with Gasteiger partial charge < -0.3 is 14.9 Å². The van der Waals surface area contributed by atoms with E-state index in [0.29, 0.717) is 30.7 Å². The van der Waals surface area contributed by atoms with Gasteiger partial charge >= 0.3 is 0 Å². The maximum absolute atomic E-state index is 5.57. The third-order valence-corrected chi connectivity index (χ3v) is 1.84. The van der Waals surface area contributed by atoms with Crippen LogP contribution in [0, 0.1) is 6.92 Å². The number of nitrogens with two attached hydrogens (primary N) is 1. The van der Waals surface area contributed by atoms with E-state index in [1.807, 2.05) is 13.8 Å². The molecule has 6 heteroatoms. The topological polar surface area (TPSA) is 82.3 Å². The smallest absolute Gasteiger partial charge is 0.219 e. The number of aromatic nitrogens is 2. The van der Waals surface area contributed by atoms with Gasteiger partial charge in [0.25, 0.3) is 0 Å². The fourth-order valence-electron chi connectivity index (χ4n) is 1.20. The third-order valence-electron chi connectivity index (χ3n) is 1.84. The minimum Gasteiger partial charge on any atom is -0.472 e. The number of nitrogens with one attached hydrogen (secondary N) is 1. The first-order valence-electron chi connectivity index (χ1n) is 5.22. The molecule has 0 aliphatic carbocycles. The Morgan fingerprint density at radius 2 is 2.25 bits per heavy atom. The van der Waals surface area contributed by atoms with Gasteiger partial charge in [-0.15, -0.1) is 0 Å². The molecule has 90 valence electrons. The summed E-state index contributed by atoms with van der Waals surface area (Å²) in [5.41, 5.74) is 2.46. The van der Waals surface area contributed by atoms with Crippen LogP contribution in [0.25, 0.3) is 0 Å². The predicted molar refractivity (Wildman–Crippen MR) is 61.2 cm³/mol. The highest BCUT2D eigenvalue weighted by molar-refractivity contribution is 5.36. The summed E-state index contributed by atoms with van der Waals surface area (Å²) >= 11 is 0. The zero-order chi connectivity index (χ0) is 12.0. The fraction of sp³-hybridized carbons (Fsp3) is 0.600. The normalized spacial score (nSPS) is 12.2. The summed E-state index contributed by atoms with van der Waals surface area (Å²) in [6.07, 6.45) is -0.0557. The van der Waals surface area contributed by atoms with E-state index in [0.717, 1.165) is 0 Å². The molecule has 0 radical (unpaired) electrons. The van der Waals surface area contributed by atoms with Crippen LogP contribution in [0.4, 0.5) is 5.82 Å². The van der Waals surface area contributed by atoms with Crippen molar-refractivity contribution in [2.75, 3.05) is 18.6 Å². The Labute approximate surface area is 95.1 Å². The number of nitrogens with zero attached hydrogens (tertiary/aromatic N) is 2. The SMILES string of the molecule is CCOCC(C)Oc1cc(NN)nc(C)n1. The van der Waals surface area contributed by atoms with E-state index in [2.05, 4.69) is 15.4 Å². The van der Waals surface area contributed by atoms with Crippen molar-refractivity contribution >= 4 is 5.82 Å². The van der Waals surface area contributed by atoms with E-state index in [-0.39, 0.29) is 6.10 Å². The van der Waals surface area contributed by atoms with Crippen molar-refractivity contribution < 1.29 is 9.47 Å². The minimum absolute atomic E-state index is 0.0557. The molecule has 1 heterocycles. The largest absolute Gasteiger partial charge is 0.472 e. The van der Waals surface area contributed by atoms with Gasteiger partial charge in [0.2, 0.25) is 5.88 Å². The number of rotatable bonds is 6. The highest BCUT2D eigenvalue weighted by Gasteiger charge is 2.07. The molecule has 1 aromatic rings. The molecule has 1 atom stereocenters. The summed E-state index contributed by atoms with van der Waals surface area (Å²) in [7, 11) is 0. The quantitative estimate of drug-likeness (QED) is 0.553. The van der Waals surface area contributed by atoms with E-state index in [9.17, 15) is 0 Å². The van der Waals surface area contributed by atoms with Crippen molar-refractivity contribution in [2.45, 2.75) is 26.9 Å². The van der Waals surface area contributed by atoms with E-state index in [1.54, 1.807) is 13.0 Å². The van der Waals surface area contributed by atoms with Crippen LogP contribution in [-0.4, -0.2) is 29.3 Å². The van der Waals surface area contributed by atoms with Gasteiger partial charge in [0, 0.05) is 12.7 Å². The van der Waals surface area contributed by atoms with Crippen LogP contribution in [0.3, 0.4) is 0 Å². The van der Waals surface area contributed by atoms with Crippen LogP contribution < -0.4 is 16.0 Å².